The second kappa shape index (κ2) is 11.4. The molecular formula is C29H29N3O5. The van der Waals surface area contributed by atoms with Crippen LogP contribution in [0.4, 0.5) is 5.69 Å². The standard InChI is InChI=1S/C29H29N3O5/c1-29(2,16-20-9-12-23(13-10-20)36-18-21-7-5-4-6-8-21)32-28(34)27(33)31-22-11-14-24(25(15-22)35-3)26-17-30-19-37-26/h4-15,17,19H,16,18H2,1-3H3,(H,31,33)(H,32,34). The molecule has 0 unspecified atom stereocenters. The van der Waals surface area contributed by atoms with Gasteiger partial charge < -0.3 is 24.5 Å². The Hall–Kier alpha value is -4.59. The Morgan fingerprint density at radius 3 is 2.38 bits per heavy atom. The molecule has 0 radical (unpaired) electrons. The van der Waals surface area contributed by atoms with E-state index in [1.807, 2.05) is 68.4 Å². The van der Waals surface area contributed by atoms with Crippen LogP contribution in [0.25, 0.3) is 11.3 Å². The Balaban J connectivity index is 1.31. The van der Waals surface area contributed by atoms with Crippen molar-refractivity contribution in [1.29, 1.82) is 0 Å². The molecule has 0 fully saturated rings. The lowest BCUT2D eigenvalue weighted by Gasteiger charge is -2.26. The summed E-state index contributed by atoms with van der Waals surface area (Å²) in [5, 5.41) is 5.43. The van der Waals surface area contributed by atoms with Crippen molar-refractivity contribution >= 4 is 17.5 Å². The largest absolute Gasteiger partial charge is 0.496 e. The fourth-order valence-corrected chi connectivity index (χ4v) is 3.87. The first-order valence-corrected chi connectivity index (χ1v) is 11.8. The molecule has 0 spiro atoms. The van der Waals surface area contributed by atoms with Gasteiger partial charge in [0.15, 0.2) is 12.2 Å². The highest BCUT2D eigenvalue weighted by Gasteiger charge is 2.25. The molecule has 8 nitrogen and oxygen atoms in total. The fraction of sp³-hybridized carbons (Fsp3) is 0.207. The molecule has 2 N–H and O–H groups in total. The number of oxazole rings is 1. The smallest absolute Gasteiger partial charge is 0.313 e. The number of anilines is 1. The number of methoxy groups -OCH3 is 1. The number of amides is 2. The van der Waals surface area contributed by atoms with Crippen LogP contribution >= 0.6 is 0 Å². The van der Waals surface area contributed by atoms with Gasteiger partial charge in [-0.15, -0.1) is 0 Å². The summed E-state index contributed by atoms with van der Waals surface area (Å²) in [5.74, 6) is 0.272. The first kappa shape index (κ1) is 25.5. The van der Waals surface area contributed by atoms with E-state index in [1.54, 1.807) is 24.4 Å². The number of hydrogen-bond donors (Lipinski definition) is 2. The molecule has 0 saturated heterocycles. The van der Waals surface area contributed by atoms with E-state index in [4.69, 9.17) is 13.9 Å². The number of benzene rings is 3. The Labute approximate surface area is 215 Å². The minimum Gasteiger partial charge on any atom is -0.496 e. The van der Waals surface area contributed by atoms with Crippen LogP contribution in [0, 0.1) is 0 Å². The summed E-state index contributed by atoms with van der Waals surface area (Å²) in [4.78, 5) is 29.1. The molecule has 190 valence electrons. The second-order valence-electron chi connectivity index (χ2n) is 9.17. The summed E-state index contributed by atoms with van der Waals surface area (Å²) in [6, 6.07) is 22.7. The van der Waals surface area contributed by atoms with Crippen LogP contribution < -0.4 is 20.1 Å². The SMILES string of the molecule is COc1cc(NC(=O)C(=O)NC(C)(C)Cc2ccc(OCc3ccccc3)cc2)ccc1-c1cnco1. The molecule has 3 aromatic carbocycles. The predicted molar refractivity (Wildman–Crippen MR) is 140 cm³/mol. The monoisotopic (exact) mass is 499 g/mol. The highest BCUT2D eigenvalue weighted by Crippen LogP contribution is 2.32. The van der Waals surface area contributed by atoms with Gasteiger partial charge in [0.05, 0.1) is 18.9 Å². The minimum absolute atomic E-state index is 0.421. The summed E-state index contributed by atoms with van der Waals surface area (Å²) in [6.07, 6.45) is 3.42. The number of nitrogens with one attached hydrogen (secondary N) is 2. The summed E-state index contributed by atoms with van der Waals surface area (Å²) >= 11 is 0. The van der Waals surface area contributed by atoms with Crippen LogP contribution in [0.3, 0.4) is 0 Å². The van der Waals surface area contributed by atoms with Crippen molar-refractivity contribution in [2.45, 2.75) is 32.4 Å². The Bertz CT molecular complexity index is 1330. The molecule has 0 aliphatic rings. The summed E-state index contributed by atoms with van der Waals surface area (Å²) < 4.78 is 16.5. The highest BCUT2D eigenvalue weighted by molar-refractivity contribution is 6.39. The number of hydrogen-bond acceptors (Lipinski definition) is 6. The molecule has 0 aliphatic carbocycles. The highest BCUT2D eigenvalue weighted by atomic mass is 16.5. The van der Waals surface area contributed by atoms with E-state index in [0.29, 0.717) is 35.8 Å². The lowest BCUT2D eigenvalue weighted by molar-refractivity contribution is -0.137. The first-order chi connectivity index (χ1) is 17.8. The molecule has 0 bridgehead atoms. The summed E-state index contributed by atoms with van der Waals surface area (Å²) in [5.41, 5.74) is 2.54. The zero-order chi connectivity index (χ0) is 26.3. The molecule has 0 saturated carbocycles. The van der Waals surface area contributed by atoms with Gasteiger partial charge >= 0.3 is 11.8 Å². The van der Waals surface area contributed by atoms with E-state index in [9.17, 15) is 9.59 Å². The van der Waals surface area contributed by atoms with Crippen molar-refractivity contribution in [3.05, 3.63) is 96.5 Å². The van der Waals surface area contributed by atoms with Gasteiger partial charge in [-0.05, 0) is 55.7 Å². The predicted octanol–water partition coefficient (Wildman–Crippen LogP) is 5.01. The van der Waals surface area contributed by atoms with Crippen molar-refractivity contribution < 1.29 is 23.5 Å². The maximum atomic E-state index is 12.6. The van der Waals surface area contributed by atoms with Gasteiger partial charge in [-0.1, -0.05) is 42.5 Å². The van der Waals surface area contributed by atoms with Crippen molar-refractivity contribution in [2.24, 2.45) is 0 Å². The molecule has 8 heteroatoms. The van der Waals surface area contributed by atoms with Crippen molar-refractivity contribution in [2.75, 3.05) is 12.4 Å². The zero-order valence-corrected chi connectivity index (χ0v) is 21.0. The molecule has 1 heterocycles. The van der Waals surface area contributed by atoms with Gasteiger partial charge in [0.1, 0.15) is 18.1 Å². The lowest BCUT2D eigenvalue weighted by Crippen LogP contribution is -2.49. The number of carbonyl (C=O) groups is 2. The third-order valence-corrected chi connectivity index (χ3v) is 5.63. The third kappa shape index (κ3) is 6.98. The molecule has 2 amide bonds. The van der Waals surface area contributed by atoms with Gasteiger partial charge in [0.25, 0.3) is 0 Å². The Kier molecular flexibility index (Phi) is 7.88. The van der Waals surface area contributed by atoms with Gasteiger partial charge in [0, 0.05) is 17.3 Å². The van der Waals surface area contributed by atoms with Gasteiger partial charge in [0.2, 0.25) is 0 Å². The van der Waals surface area contributed by atoms with Crippen LogP contribution in [0.1, 0.15) is 25.0 Å². The van der Waals surface area contributed by atoms with Crippen LogP contribution in [0.5, 0.6) is 11.5 Å². The number of carbonyl (C=O) groups excluding carboxylic acids is 2. The van der Waals surface area contributed by atoms with Crippen LogP contribution in [0.2, 0.25) is 0 Å². The van der Waals surface area contributed by atoms with E-state index in [2.05, 4.69) is 15.6 Å². The first-order valence-electron chi connectivity index (χ1n) is 11.8. The molecule has 4 rings (SSSR count). The second-order valence-corrected chi connectivity index (χ2v) is 9.17. The Morgan fingerprint density at radius 2 is 1.70 bits per heavy atom. The summed E-state index contributed by atoms with van der Waals surface area (Å²) in [6.45, 7) is 4.23. The van der Waals surface area contributed by atoms with Gasteiger partial charge in [-0.25, -0.2) is 4.98 Å². The number of ether oxygens (including phenoxy) is 2. The van der Waals surface area contributed by atoms with Crippen LogP contribution in [0.15, 0.2) is 89.8 Å². The Morgan fingerprint density at radius 1 is 0.946 bits per heavy atom. The van der Waals surface area contributed by atoms with Crippen molar-refractivity contribution in [3.63, 3.8) is 0 Å². The van der Waals surface area contributed by atoms with Crippen LogP contribution in [-0.4, -0.2) is 29.4 Å². The van der Waals surface area contributed by atoms with Gasteiger partial charge in [-0.2, -0.15) is 0 Å². The lowest BCUT2D eigenvalue weighted by atomic mass is 9.94. The fourth-order valence-electron chi connectivity index (χ4n) is 3.87. The van der Waals surface area contributed by atoms with E-state index >= 15 is 0 Å². The molecule has 0 aliphatic heterocycles. The number of aromatic nitrogens is 1. The van der Waals surface area contributed by atoms with E-state index in [-0.39, 0.29) is 0 Å². The quantitative estimate of drug-likeness (QED) is 0.314. The molecule has 0 atom stereocenters. The average Bonchev–Trinajstić information content (AvgIpc) is 3.43. The normalized spacial score (nSPS) is 11.0. The molecule has 1 aromatic heterocycles. The summed E-state index contributed by atoms with van der Waals surface area (Å²) in [7, 11) is 1.51. The molecular weight excluding hydrogens is 470 g/mol. The molecule has 4 aromatic rings. The van der Waals surface area contributed by atoms with E-state index in [0.717, 1.165) is 16.9 Å². The number of rotatable bonds is 9. The number of nitrogens with zero attached hydrogens (tertiary/aromatic N) is 1. The van der Waals surface area contributed by atoms with Crippen molar-refractivity contribution in [1.82, 2.24) is 10.3 Å². The van der Waals surface area contributed by atoms with E-state index in [1.165, 1.54) is 13.5 Å². The van der Waals surface area contributed by atoms with Crippen molar-refractivity contribution in [3.8, 4) is 22.8 Å². The minimum atomic E-state index is -0.771. The van der Waals surface area contributed by atoms with E-state index < -0.39 is 17.4 Å². The van der Waals surface area contributed by atoms with Gasteiger partial charge in [-0.3, -0.25) is 9.59 Å². The maximum Gasteiger partial charge on any atom is 0.313 e. The zero-order valence-electron chi connectivity index (χ0n) is 21.0. The third-order valence-electron chi connectivity index (χ3n) is 5.63. The van der Waals surface area contributed by atoms with Crippen LogP contribution in [-0.2, 0) is 22.6 Å². The maximum absolute atomic E-state index is 12.6. The topological polar surface area (TPSA) is 103 Å². The average molecular weight is 500 g/mol. The molecule has 37 heavy (non-hydrogen) atoms.